The van der Waals surface area contributed by atoms with E-state index in [1.165, 1.54) is 25.3 Å². The molecule has 1 fully saturated rings. The number of hydrogen-bond donors (Lipinski definition) is 0. The van der Waals surface area contributed by atoms with E-state index in [0.717, 1.165) is 6.54 Å². The first-order chi connectivity index (χ1) is 9.52. The average molecular weight is 341 g/mol. The molecule has 0 radical (unpaired) electrons. The van der Waals surface area contributed by atoms with Gasteiger partial charge in [0, 0.05) is 24.7 Å². The maximum absolute atomic E-state index is 12.4. The molecule has 0 spiro atoms. The second kappa shape index (κ2) is 6.35. The minimum absolute atomic E-state index is 0.0736. The van der Waals surface area contributed by atoms with Gasteiger partial charge in [0.25, 0.3) is 11.6 Å². The highest BCUT2D eigenvalue weighted by Gasteiger charge is 2.24. The molecule has 6 heteroatoms. The Morgan fingerprint density at radius 1 is 1.50 bits per heavy atom. The second-order valence-electron chi connectivity index (χ2n) is 5.06. The van der Waals surface area contributed by atoms with Crippen LogP contribution in [0.25, 0.3) is 0 Å². The molecule has 0 N–H and O–H groups in total. The van der Waals surface area contributed by atoms with Crippen LogP contribution in [0.15, 0.2) is 22.7 Å². The molecule has 0 aromatic heterocycles. The van der Waals surface area contributed by atoms with Crippen LogP contribution in [-0.4, -0.2) is 28.8 Å². The van der Waals surface area contributed by atoms with Crippen molar-refractivity contribution in [1.29, 1.82) is 0 Å². The fraction of sp³-hybridized carbons (Fsp3) is 0.500. The number of halogens is 1. The van der Waals surface area contributed by atoms with E-state index in [1.54, 1.807) is 17.0 Å². The molecule has 0 bridgehead atoms. The third-order valence-electron chi connectivity index (χ3n) is 3.76. The molecular formula is C14H17BrN2O3. The zero-order valence-corrected chi connectivity index (χ0v) is 12.9. The Morgan fingerprint density at radius 3 is 2.70 bits per heavy atom. The Hall–Kier alpha value is -1.43. The Morgan fingerprint density at radius 2 is 2.20 bits per heavy atom. The molecule has 20 heavy (non-hydrogen) atoms. The zero-order chi connectivity index (χ0) is 14.7. The molecule has 1 aliphatic rings. The number of hydrogen-bond acceptors (Lipinski definition) is 3. The van der Waals surface area contributed by atoms with Gasteiger partial charge in [-0.3, -0.25) is 14.9 Å². The van der Waals surface area contributed by atoms with Crippen molar-refractivity contribution in [2.24, 2.45) is 5.92 Å². The highest BCUT2D eigenvalue weighted by molar-refractivity contribution is 9.10. The first-order valence-electron chi connectivity index (χ1n) is 6.76. The Bertz CT molecular complexity index is 529. The van der Waals surface area contributed by atoms with Crippen molar-refractivity contribution < 1.29 is 9.72 Å². The average Bonchev–Trinajstić information content (AvgIpc) is 2.37. The molecule has 0 saturated heterocycles. The van der Waals surface area contributed by atoms with Crippen LogP contribution >= 0.6 is 15.9 Å². The van der Waals surface area contributed by atoms with E-state index in [9.17, 15) is 14.9 Å². The van der Waals surface area contributed by atoms with E-state index in [4.69, 9.17) is 0 Å². The summed E-state index contributed by atoms with van der Waals surface area (Å²) in [6.07, 6.45) is 3.58. The zero-order valence-electron chi connectivity index (χ0n) is 11.3. The smallest absolute Gasteiger partial charge is 0.284 e. The fourth-order valence-corrected chi connectivity index (χ4v) is 2.70. The number of nitrogens with zero attached hydrogens (tertiary/aromatic N) is 2. The highest BCUT2D eigenvalue weighted by Crippen LogP contribution is 2.29. The molecular weight excluding hydrogens is 324 g/mol. The predicted molar refractivity (Wildman–Crippen MR) is 79.7 cm³/mol. The number of nitro benzene ring substituents is 1. The monoisotopic (exact) mass is 340 g/mol. The van der Waals surface area contributed by atoms with Gasteiger partial charge in [0.2, 0.25) is 0 Å². The lowest BCUT2D eigenvalue weighted by Gasteiger charge is -2.31. The number of nitro groups is 1. The van der Waals surface area contributed by atoms with Gasteiger partial charge < -0.3 is 4.90 Å². The molecule has 1 aromatic rings. The van der Waals surface area contributed by atoms with Gasteiger partial charge in [0.15, 0.2) is 0 Å². The topological polar surface area (TPSA) is 63.5 Å². The van der Waals surface area contributed by atoms with Gasteiger partial charge in [-0.15, -0.1) is 0 Å². The third kappa shape index (κ3) is 3.17. The van der Waals surface area contributed by atoms with Crippen molar-refractivity contribution in [2.45, 2.75) is 26.2 Å². The molecule has 1 aromatic carbocycles. The van der Waals surface area contributed by atoms with Crippen molar-refractivity contribution in [1.82, 2.24) is 4.90 Å². The Balaban J connectivity index is 2.17. The van der Waals surface area contributed by atoms with Crippen molar-refractivity contribution in [3.8, 4) is 0 Å². The van der Waals surface area contributed by atoms with Crippen LogP contribution in [0.4, 0.5) is 5.69 Å². The summed E-state index contributed by atoms with van der Waals surface area (Å²) < 4.78 is 0.390. The number of carbonyl (C=O) groups excluding carboxylic acids is 1. The maximum atomic E-state index is 12.4. The van der Waals surface area contributed by atoms with Crippen LogP contribution in [0, 0.1) is 16.0 Å². The summed E-state index contributed by atoms with van der Waals surface area (Å²) >= 11 is 3.13. The molecule has 0 aliphatic heterocycles. The van der Waals surface area contributed by atoms with E-state index in [2.05, 4.69) is 15.9 Å². The molecule has 0 heterocycles. The van der Waals surface area contributed by atoms with Crippen molar-refractivity contribution in [3.05, 3.63) is 38.3 Å². The quantitative estimate of drug-likeness (QED) is 0.607. The SMILES string of the molecule is CCN(CC1CCC1)C(=O)c1ccc(Br)c([N+](=O)[O-])c1. The molecule has 1 saturated carbocycles. The van der Waals surface area contributed by atoms with E-state index < -0.39 is 4.92 Å². The highest BCUT2D eigenvalue weighted by atomic mass is 79.9. The molecule has 108 valence electrons. The second-order valence-corrected chi connectivity index (χ2v) is 5.92. The fourth-order valence-electron chi connectivity index (χ4n) is 2.31. The molecule has 0 unspecified atom stereocenters. The summed E-state index contributed by atoms with van der Waals surface area (Å²) in [6.45, 7) is 3.31. The van der Waals surface area contributed by atoms with Gasteiger partial charge in [-0.05, 0) is 53.7 Å². The van der Waals surface area contributed by atoms with Gasteiger partial charge in [-0.1, -0.05) is 6.42 Å². The van der Waals surface area contributed by atoms with Gasteiger partial charge in [-0.25, -0.2) is 0 Å². The van der Waals surface area contributed by atoms with Gasteiger partial charge in [-0.2, -0.15) is 0 Å². The summed E-state index contributed by atoms with van der Waals surface area (Å²) in [4.78, 5) is 24.6. The van der Waals surface area contributed by atoms with E-state index >= 15 is 0 Å². The lowest BCUT2D eigenvalue weighted by atomic mass is 9.85. The molecule has 5 nitrogen and oxygen atoms in total. The number of benzene rings is 1. The van der Waals surface area contributed by atoms with Crippen LogP contribution in [0.3, 0.4) is 0 Å². The lowest BCUT2D eigenvalue weighted by molar-refractivity contribution is -0.385. The summed E-state index contributed by atoms with van der Waals surface area (Å²) in [5, 5.41) is 10.9. The summed E-state index contributed by atoms with van der Waals surface area (Å²) in [5.74, 6) is 0.458. The van der Waals surface area contributed by atoms with Crippen molar-refractivity contribution in [3.63, 3.8) is 0 Å². The van der Waals surface area contributed by atoms with E-state index in [-0.39, 0.29) is 11.6 Å². The van der Waals surface area contributed by atoms with Crippen LogP contribution in [0.1, 0.15) is 36.5 Å². The Labute approximate surface area is 126 Å². The number of amides is 1. The standard InChI is InChI=1S/C14H17BrN2O3/c1-2-16(9-10-4-3-5-10)14(18)11-6-7-12(15)13(8-11)17(19)20/h6-8,10H,2-5,9H2,1H3. The van der Waals surface area contributed by atoms with Gasteiger partial charge in [0.1, 0.15) is 0 Å². The largest absolute Gasteiger partial charge is 0.339 e. The normalized spacial score (nSPS) is 14.7. The van der Waals surface area contributed by atoms with Crippen LogP contribution in [-0.2, 0) is 0 Å². The number of carbonyl (C=O) groups is 1. The first-order valence-corrected chi connectivity index (χ1v) is 7.55. The van der Waals surface area contributed by atoms with Crippen LogP contribution in [0.5, 0.6) is 0 Å². The summed E-state index contributed by atoms with van der Waals surface area (Å²) in [6, 6.07) is 4.53. The molecule has 2 rings (SSSR count). The minimum atomic E-state index is -0.483. The molecule has 1 amide bonds. The van der Waals surface area contributed by atoms with E-state index in [0.29, 0.717) is 22.5 Å². The van der Waals surface area contributed by atoms with Crippen LogP contribution in [0.2, 0.25) is 0 Å². The van der Waals surface area contributed by atoms with Crippen LogP contribution < -0.4 is 0 Å². The summed E-state index contributed by atoms with van der Waals surface area (Å²) in [7, 11) is 0. The molecule has 1 aliphatic carbocycles. The predicted octanol–water partition coefficient (Wildman–Crippen LogP) is 3.62. The van der Waals surface area contributed by atoms with Crippen molar-refractivity contribution >= 4 is 27.5 Å². The van der Waals surface area contributed by atoms with Gasteiger partial charge in [0.05, 0.1) is 9.40 Å². The number of rotatable bonds is 5. The maximum Gasteiger partial charge on any atom is 0.284 e. The van der Waals surface area contributed by atoms with E-state index in [1.807, 2.05) is 6.92 Å². The summed E-state index contributed by atoms with van der Waals surface area (Å²) in [5.41, 5.74) is 0.302. The lowest BCUT2D eigenvalue weighted by Crippen LogP contribution is -2.37. The van der Waals surface area contributed by atoms with Gasteiger partial charge >= 0.3 is 0 Å². The first kappa shape index (κ1) is 15.0. The third-order valence-corrected chi connectivity index (χ3v) is 4.43. The van der Waals surface area contributed by atoms with Crippen molar-refractivity contribution in [2.75, 3.05) is 13.1 Å². The molecule has 0 atom stereocenters. The Kier molecular flexibility index (Phi) is 4.75. The minimum Gasteiger partial charge on any atom is -0.339 e.